The van der Waals surface area contributed by atoms with Crippen molar-refractivity contribution in [1.29, 1.82) is 0 Å². The molecule has 1 fully saturated rings. The summed E-state index contributed by atoms with van der Waals surface area (Å²) < 4.78 is 1.70. The fourth-order valence-corrected chi connectivity index (χ4v) is 1.91. The van der Waals surface area contributed by atoms with Crippen LogP contribution in [0, 0.1) is 17.8 Å². The highest BCUT2D eigenvalue weighted by Gasteiger charge is 2.59. The fourth-order valence-electron chi connectivity index (χ4n) is 1.91. The molecule has 0 amide bonds. The summed E-state index contributed by atoms with van der Waals surface area (Å²) in [6.07, 6.45) is 4.82. The molecule has 1 aliphatic rings. The third-order valence-electron chi connectivity index (χ3n) is 2.72. The zero-order valence-corrected chi connectivity index (χ0v) is 7.78. The van der Waals surface area contributed by atoms with Gasteiger partial charge in [-0.05, 0) is 0 Å². The Balaban J connectivity index is 2.04. The van der Waals surface area contributed by atoms with Crippen molar-refractivity contribution in [3.63, 3.8) is 0 Å². The second-order valence-corrected chi connectivity index (χ2v) is 3.65. The molecule has 0 bridgehead atoms. The molecule has 1 aliphatic carbocycles. The summed E-state index contributed by atoms with van der Waals surface area (Å²) in [7, 11) is 0. The van der Waals surface area contributed by atoms with Gasteiger partial charge in [0.05, 0.1) is 18.2 Å². The maximum absolute atomic E-state index is 10.7. The van der Waals surface area contributed by atoms with Gasteiger partial charge in [-0.15, -0.1) is 0 Å². The number of aliphatic carboxylic acids is 2. The number of aromatic nitrogens is 2. The molecule has 0 aromatic carbocycles. The lowest BCUT2D eigenvalue weighted by atomic mass is 10.3. The zero-order chi connectivity index (χ0) is 11.0. The van der Waals surface area contributed by atoms with Crippen molar-refractivity contribution in [2.75, 3.05) is 0 Å². The lowest BCUT2D eigenvalue weighted by molar-refractivity contribution is -0.144. The molecule has 1 aromatic heterocycles. The lowest BCUT2D eigenvalue weighted by Crippen LogP contribution is -2.05. The number of hydrogen-bond acceptors (Lipinski definition) is 3. The van der Waals surface area contributed by atoms with Gasteiger partial charge in [-0.3, -0.25) is 9.59 Å². The van der Waals surface area contributed by atoms with Crippen LogP contribution in [0.2, 0.25) is 0 Å². The Morgan fingerprint density at radius 2 is 1.87 bits per heavy atom. The minimum absolute atomic E-state index is 0.325. The summed E-state index contributed by atoms with van der Waals surface area (Å²) in [6, 6.07) is 0. The maximum atomic E-state index is 10.7. The Hall–Kier alpha value is -1.85. The summed E-state index contributed by atoms with van der Waals surface area (Å²) >= 11 is 0. The van der Waals surface area contributed by atoms with E-state index in [1.165, 1.54) is 0 Å². The van der Waals surface area contributed by atoms with E-state index in [0.717, 1.165) is 0 Å². The van der Waals surface area contributed by atoms with Crippen LogP contribution < -0.4 is 0 Å². The predicted octanol–water partition coefficient (Wildman–Crippen LogP) is -0.0855. The van der Waals surface area contributed by atoms with Crippen LogP contribution in [0.3, 0.4) is 0 Å². The second kappa shape index (κ2) is 3.38. The molecule has 1 unspecified atom stereocenters. The molecule has 1 aromatic rings. The molecule has 80 valence electrons. The molecule has 1 heterocycles. The minimum atomic E-state index is -1.03. The van der Waals surface area contributed by atoms with Gasteiger partial charge in [0, 0.05) is 24.9 Å². The predicted molar refractivity (Wildman–Crippen MR) is 48.0 cm³/mol. The molecular weight excluding hydrogens is 200 g/mol. The van der Waals surface area contributed by atoms with Crippen LogP contribution in [0.15, 0.2) is 18.7 Å². The van der Waals surface area contributed by atoms with Crippen LogP contribution >= 0.6 is 0 Å². The first-order valence-electron chi connectivity index (χ1n) is 4.52. The SMILES string of the molecule is O=C(O)[C@@H]1C(Cn2ccnc2)[C@@H]1C(=O)O. The molecule has 0 aliphatic heterocycles. The standard InChI is InChI=1S/C9H10N2O4/c12-8(13)6-5(7(6)9(14)15)3-11-2-1-10-4-11/h1-2,4-7H,3H2,(H,12,13)(H,14,15)/t5?,6-,7+. The van der Waals surface area contributed by atoms with Crippen molar-refractivity contribution >= 4 is 11.9 Å². The number of carboxylic acid groups (broad SMARTS) is 2. The van der Waals surface area contributed by atoms with Crippen LogP contribution in [0.25, 0.3) is 0 Å². The van der Waals surface area contributed by atoms with Gasteiger partial charge >= 0.3 is 11.9 Å². The number of nitrogens with zero attached hydrogens (tertiary/aromatic N) is 2. The largest absolute Gasteiger partial charge is 0.481 e. The Morgan fingerprint density at radius 1 is 1.27 bits per heavy atom. The van der Waals surface area contributed by atoms with Gasteiger partial charge in [0.25, 0.3) is 0 Å². The van der Waals surface area contributed by atoms with Gasteiger partial charge in [-0.2, -0.15) is 0 Å². The lowest BCUT2D eigenvalue weighted by Gasteiger charge is -1.98. The van der Waals surface area contributed by atoms with Crippen LogP contribution in [0.1, 0.15) is 0 Å². The molecule has 0 saturated heterocycles. The van der Waals surface area contributed by atoms with Crippen molar-refractivity contribution in [2.45, 2.75) is 6.54 Å². The average Bonchev–Trinajstić information content (AvgIpc) is 2.62. The van der Waals surface area contributed by atoms with E-state index in [1.807, 2.05) is 0 Å². The van der Waals surface area contributed by atoms with Crippen molar-refractivity contribution in [1.82, 2.24) is 9.55 Å². The molecule has 0 radical (unpaired) electrons. The number of carbonyl (C=O) groups is 2. The van der Waals surface area contributed by atoms with Gasteiger partial charge in [0.2, 0.25) is 0 Å². The van der Waals surface area contributed by atoms with Gasteiger partial charge in [-0.25, -0.2) is 4.98 Å². The summed E-state index contributed by atoms with van der Waals surface area (Å²) in [5.74, 6) is -3.91. The Kier molecular flexibility index (Phi) is 2.18. The van der Waals surface area contributed by atoms with Gasteiger partial charge in [0.15, 0.2) is 0 Å². The van der Waals surface area contributed by atoms with E-state index in [1.54, 1.807) is 23.3 Å². The molecule has 0 spiro atoms. The van der Waals surface area contributed by atoms with Crippen LogP contribution in [-0.4, -0.2) is 31.7 Å². The summed E-state index contributed by atoms with van der Waals surface area (Å²) in [4.78, 5) is 25.3. The minimum Gasteiger partial charge on any atom is -0.481 e. The van der Waals surface area contributed by atoms with Crippen molar-refractivity contribution in [2.24, 2.45) is 17.8 Å². The molecule has 2 N–H and O–H groups in total. The first-order chi connectivity index (χ1) is 7.11. The van der Waals surface area contributed by atoms with Gasteiger partial charge in [-0.1, -0.05) is 0 Å². The summed E-state index contributed by atoms with van der Waals surface area (Å²) in [5, 5.41) is 17.6. The first-order valence-corrected chi connectivity index (χ1v) is 4.52. The molecule has 6 nitrogen and oxygen atoms in total. The van der Waals surface area contributed by atoms with Crippen molar-refractivity contribution in [3.8, 4) is 0 Å². The van der Waals surface area contributed by atoms with Gasteiger partial charge < -0.3 is 14.8 Å². The molecule has 2 rings (SSSR count). The molecule has 1 saturated carbocycles. The normalized spacial score (nSPS) is 28.7. The number of imidazole rings is 1. The molecule has 6 heteroatoms. The van der Waals surface area contributed by atoms with E-state index in [-0.39, 0.29) is 5.92 Å². The summed E-state index contributed by atoms with van der Waals surface area (Å²) in [6.45, 7) is 0.397. The molecular formula is C9H10N2O4. The zero-order valence-electron chi connectivity index (χ0n) is 7.78. The number of rotatable bonds is 4. The van der Waals surface area contributed by atoms with E-state index in [0.29, 0.717) is 6.54 Å². The van der Waals surface area contributed by atoms with E-state index in [4.69, 9.17) is 10.2 Å². The Morgan fingerprint density at radius 3 is 2.27 bits per heavy atom. The number of hydrogen-bond donors (Lipinski definition) is 2. The first kappa shape index (κ1) is 9.70. The van der Waals surface area contributed by atoms with Crippen LogP contribution in [0.5, 0.6) is 0 Å². The van der Waals surface area contributed by atoms with Crippen molar-refractivity contribution < 1.29 is 19.8 Å². The fraction of sp³-hybridized carbons (Fsp3) is 0.444. The van der Waals surface area contributed by atoms with Crippen LogP contribution in [0.4, 0.5) is 0 Å². The third kappa shape index (κ3) is 1.70. The Labute approximate surface area is 85.2 Å². The third-order valence-corrected chi connectivity index (χ3v) is 2.72. The molecule has 3 atom stereocenters. The second-order valence-electron chi connectivity index (χ2n) is 3.65. The highest BCUT2D eigenvalue weighted by Crippen LogP contribution is 2.47. The quantitative estimate of drug-likeness (QED) is 0.724. The average molecular weight is 210 g/mol. The Bertz CT molecular complexity index is 367. The molecule has 15 heavy (non-hydrogen) atoms. The maximum Gasteiger partial charge on any atom is 0.307 e. The highest BCUT2D eigenvalue weighted by atomic mass is 16.4. The monoisotopic (exact) mass is 210 g/mol. The van der Waals surface area contributed by atoms with E-state index in [9.17, 15) is 9.59 Å². The van der Waals surface area contributed by atoms with Crippen LogP contribution in [-0.2, 0) is 16.1 Å². The number of carboxylic acids is 2. The van der Waals surface area contributed by atoms with E-state index >= 15 is 0 Å². The van der Waals surface area contributed by atoms with E-state index in [2.05, 4.69) is 4.98 Å². The summed E-state index contributed by atoms with van der Waals surface area (Å²) in [5.41, 5.74) is 0. The van der Waals surface area contributed by atoms with Crippen molar-refractivity contribution in [3.05, 3.63) is 18.7 Å². The topological polar surface area (TPSA) is 92.4 Å². The smallest absolute Gasteiger partial charge is 0.307 e. The van der Waals surface area contributed by atoms with E-state index < -0.39 is 23.8 Å². The van der Waals surface area contributed by atoms with Gasteiger partial charge in [0.1, 0.15) is 0 Å². The highest BCUT2D eigenvalue weighted by molar-refractivity contribution is 5.86.